The molecule has 0 heterocycles. The number of benzene rings is 2. The van der Waals surface area contributed by atoms with Crippen LogP contribution in [0.3, 0.4) is 0 Å². The van der Waals surface area contributed by atoms with Gasteiger partial charge in [-0.1, -0.05) is 93.5 Å². The summed E-state index contributed by atoms with van der Waals surface area (Å²) in [6.07, 6.45) is 10.2. The van der Waals surface area contributed by atoms with Gasteiger partial charge in [0.05, 0.1) is 0 Å². The van der Waals surface area contributed by atoms with Gasteiger partial charge in [0.2, 0.25) is 5.91 Å². The minimum Gasteiger partial charge on any atom is -0.347 e. The average Bonchev–Trinajstić information content (AvgIpc) is 2.83. The average molecular weight is 452 g/mol. The number of nitrogens with two attached hydrogens (primary N) is 1. The Morgan fingerprint density at radius 2 is 1.30 bits per heavy atom. The number of nitrogens with one attached hydrogen (secondary N) is 1. The number of rotatable bonds is 15. The molecule has 0 saturated carbocycles. The van der Waals surface area contributed by atoms with E-state index in [1.165, 1.54) is 25.7 Å². The van der Waals surface area contributed by atoms with Gasteiger partial charge in [0.15, 0.2) is 0 Å². The van der Waals surface area contributed by atoms with Crippen molar-refractivity contribution in [3.8, 4) is 0 Å². The predicted molar refractivity (Wildman–Crippen MR) is 136 cm³/mol. The van der Waals surface area contributed by atoms with Crippen molar-refractivity contribution in [1.29, 1.82) is 0 Å². The number of hydrogen-bond acceptors (Lipinski definition) is 3. The molecule has 2 aromatic rings. The highest BCUT2D eigenvalue weighted by molar-refractivity contribution is 5.99. The van der Waals surface area contributed by atoms with Crippen LogP contribution in [0.15, 0.2) is 60.7 Å². The Bertz CT molecular complexity index is 824. The Morgan fingerprint density at radius 3 is 1.85 bits per heavy atom. The lowest BCUT2D eigenvalue weighted by atomic mass is 9.83. The minimum atomic E-state index is -0.973. The summed E-state index contributed by atoms with van der Waals surface area (Å²) in [5.41, 5.74) is 6.20. The van der Waals surface area contributed by atoms with Gasteiger partial charge in [-0.25, -0.2) is 0 Å². The standard InChI is InChI=1S/C28H41N3O2/c1-31(2)27(33)28(23-24-17-11-9-12-18-24,30-26(32)25-19-13-10-14-20-25)21-15-7-5-3-4-6-8-16-22-29/h9-14,17-20H,3-8,15-16,21-23,29H2,1-2H3,(H,30,32). The van der Waals surface area contributed by atoms with Crippen LogP contribution >= 0.6 is 0 Å². The lowest BCUT2D eigenvalue weighted by Crippen LogP contribution is -2.59. The number of carbonyl (C=O) groups excluding carboxylic acids is 2. The molecule has 0 saturated heterocycles. The maximum atomic E-state index is 13.5. The molecule has 2 aromatic carbocycles. The van der Waals surface area contributed by atoms with Crippen molar-refractivity contribution in [1.82, 2.24) is 10.2 Å². The summed E-state index contributed by atoms with van der Waals surface area (Å²) in [6, 6.07) is 19.1. The smallest absolute Gasteiger partial charge is 0.252 e. The first-order valence-corrected chi connectivity index (χ1v) is 12.3. The first-order chi connectivity index (χ1) is 16.0. The van der Waals surface area contributed by atoms with Crippen LogP contribution in [0.5, 0.6) is 0 Å². The number of amides is 2. The van der Waals surface area contributed by atoms with E-state index in [4.69, 9.17) is 5.73 Å². The molecule has 0 aliphatic carbocycles. The summed E-state index contributed by atoms with van der Waals surface area (Å²) >= 11 is 0. The molecule has 2 amide bonds. The molecular weight excluding hydrogens is 410 g/mol. The van der Waals surface area contributed by atoms with Crippen LogP contribution in [-0.4, -0.2) is 42.9 Å². The summed E-state index contributed by atoms with van der Waals surface area (Å²) < 4.78 is 0. The van der Waals surface area contributed by atoms with E-state index in [9.17, 15) is 9.59 Å². The van der Waals surface area contributed by atoms with Crippen LogP contribution < -0.4 is 11.1 Å². The van der Waals surface area contributed by atoms with E-state index < -0.39 is 5.54 Å². The zero-order chi connectivity index (χ0) is 23.9. The van der Waals surface area contributed by atoms with Gasteiger partial charge in [-0.05, 0) is 37.1 Å². The molecule has 3 N–H and O–H groups in total. The third-order valence-electron chi connectivity index (χ3n) is 6.11. The second-order valence-corrected chi connectivity index (χ2v) is 9.13. The molecule has 0 aliphatic rings. The maximum absolute atomic E-state index is 13.5. The highest BCUT2D eigenvalue weighted by Crippen LogP contribution is 2.25. The van der Waals surface area contributed by atoms with Gasteiger partial charge in [0.1, 0.15) is 5.54 Å². The van der Waals surface area contributed by atoms with Crippen LogP contribution in [0.4, 0.5) is 0 Å². The van der Waals surface area contributed by atoms with Crippen LogP contribution in [0.2, 0.25) is 0 Å². The van der Waals surface area contributed by atoms with E-state index in [1.54, 1.807) is 31.1 Å². The molecule has 2 rings (SSSR count). The van der Waals surface area contributed by atoms with E-state index in [0.29, 0.717) is 18.4 Å². The Labute approximate surface area is 199 Å². The highest BCUT2D eigenvalue weighted by atomic mass is 16.2. The maximum Gasteiger partial charge on any atom is 0.252 e. The summed E-state index contributed by atoms with van der Waals surface area (Å²) in [4.78, 5) is 28.3. The number of unbranched alkanes of at least 4 members (excludes halogenated alkanes) is 7. The quantitative estimate of drug-likeness (QED) is 0.376. The fourth-order valence-electron chi connectivity index (χ4n) is 4.31. The molecule has 5 heteroatoms. The van der Waals surface area contributed by atoms with Gasteiger partial charge in [0, 0.05) is 26.1 Å². The Hall–Kier alpha value is -2.66. The highest BCUT2D eigenvalue weighted by Gasteiger charge is 2.40. The number of hydrogen-bond donors (Lipinski definition) is 2. The van der Waals surface area contributed by atoms with Gasteiger partial charge >= 0.3 is 0 Å². The predicted octanol–water partition coefficient (Wildman–Crippen LogP) is 4.96. The van der Waals surface area contributed by atoms with E-state index in [0.717, 1.165) is 37.8 Å². The van der Waals surface area contributed by atoms with Crippen molar-refractivity contribution < 1.29 is 9.59 Å². The van der Waals surface area contributed by atoms with Crippen molar-refractivity contribution in [2.24, 2.45) is 5.73 Å². The molecule has 0 aliphatic heterocycles. The molecule has 0 aromatic heterocycles. The molecule has 1 atom stereocenters. The van der Waals surface area contributed by atoms with Gasteiger partial charge < -0.3 is 16.0 Å². The summed E-state index contributed by atoms with van der Waals surface area (Å²) in [5.74, 6) is -0.265. The van der Waals surface area contributed by atoms with Gasteiger partial charge in [-0.2, -0.15) is 0 Å². The Kier molecular flexibility index (Phi) is 11.7. The van der Waals surface area contributed by atoms with Crippen LogP contribution in [0.1, 0.15) is 73.7 Å². The lowest BCUT2D eigenvalue weighted by Gasteiger charge is -2.36. The third kappa shape index (κ3) is 9.01. The molecule has 0 spiro atoms. The minimum absolute atomic E-state index is 0.0579. The normalized spacial score (nSPS) is 12.7. The number of likely N-dealkylation sites (N-methyl/N-ethyl adjacent to an activating group) is 1. The number of nitrogens with zero attached hydrogens (tertiary/aromatic N) is 1. The van der Waals surface area contributed by atoms with Crippen molar-refractivity contribution in [2.75, 3.05) is 20.6 Å². The van der Waals surface area contributed by atoms with Crippen molar-refractivity contribution in [2.45, 2.75) is 69.7 Å². The fraction of sp³-hybridized carbons (Fsp3) is 0.500. The van der Waals surface area contributed by atoms with E-state index in [-0.39, 0.29) is 11.8 Å². The second-order valence-electron chi connectivity index (χ2n) is 9.13. The molecule has 0 bridgehead atoms. The third-order valence-corrected chi connectivity index (χ3v) is 6.11. The van der Waals surface area contributed by atoms with Crippen molar-refractivity contribution in [3.63, 3.8) is 0 Å². The summed E-state index contributed by atoms with van der Waals surface area (Å²) in [6.45, 7) is 0.776. The summed E-state index contributed by atoms with van der Waals surface area (Å²) in [5, 5.41) is 3.16. The van der Waals surface area contributed by atoms with E-state index >= 15 is 0 Å². The zero-order valence-electron chi connectivity index (χ0n) is 20.4. The zero-order valence-corrected chi connectivity index (χ0v) is 20.4. The Morgan fingerprint density at radius 1 is 0.788 bits per heavy atom. The molecule has 33 heavy (non-hydrogen) atoms. The number of carbonyl (C=O) groups is 2. The van der Waals surface area contributed by atoms with E-state index in [1.807, 2.05) is 48.5 Å². The van der Waals surface area contributed by atoms with Crippen LogP contribution in [0, 0.1) is 0 Å². The largest absolute Gasteiger partial charge is 0.347 e. The van der Waals surface area contributed by atoms with E-state index in [2.05, 4.69) is 5.32 Å². The topological polar surface area (TPSA) is 75.4 Å². The fourth-order valence-corrected chi connectivity index (χ4v) is 4.31. The lowest BCUT2D eigenvalue weighted by molar-refractivity contribution is -0.135. The van der Waals surface area contributed by atoms with Crippen LogP contribution in [-0.2, 0) is 11.2 Å². The first kappa shape index (κ1) is 26.6. The second kappa shape index (κ2) is 14.5. The first-order valence-electron chi connectivity index (χ1n) is 12.3. The SMILES string of the molecule is CN(C)C(=O)C(CCCCCCCCCCN)(Cc1ccccc1)NC(=O)c1ccccc1. The summed E-state index contributed by atoms with van der Waals surface area (Å²) in [7, 11) is 3.52. The molecule has 0 radical (unpaired) electrons. The van der Waals surface area contributed by atoms with Gasteiger partial charge in [0.25, 0.3) is 5.91 Å². The van der Waals surface area contributed by atoms with Crippen molar-refractivity contribution >= 4 is 11.8 Å². The molecule has 180 valence electrons. The molecular formula is C28H41N3O2. The molecule has 1 unspecified atom stereocenters. The van der Waals surface area contributed by atoms with Crippen molar-refractivity contribution in [3.05, 3.63) is 71.8 Å². The molecule has 5 nitrogen and oxygen atoms in total. The van der Waals surface area contributed by atoms with Gasteiger partial charge in [-0.15, -0.1) is 0 Å². The molecule has 0 fully saturated rings. The van der Waals surface area contributed by atoms with Crippen LogP contribution in [0.25, 0.3) is 0 Å². The van der Waals surface area contributed by atoms with Gasteiger partial charge in [-0.3, -0.25) is 9.59 Å². The Balaban J connectivity index is 2.11. The monoisotopic (exact) mass is 451 g/mol.